The molecule has 0 aliphatic carbocycles. The number of halogens is 1. The van der Waals surface area contributed by atoms with Crippen LogP contribution in [0.2, 0.25) is 0 Å². The van der Waals surface area contributed by atoms with Gasteiger partial charge < -0.3 is 0 Å². The monoisotopic (exact) mass is 276 g/mol. The van der Waals surface area contributed by atoms with E-state index in [1.54, 1.807) is 6.26 Å². The van der Waals surface area contributed by atoms with E-state index in [-0.39, 0.29) is 11.3 Å². The van der Waals surface area contributed by atoms with Gasteiger partial charge in [0.2, 0.25) is 5.78 Å². The molecule has 2 rings (SSSR count). The number of carbonyl (C=O) groups excluding carboxylic acids is 2. The van der Waals surface area contributed by atoms with E-state index in [9.17, 15) is 14.0 Å². The number of thioether (sulfide) groups is 1. The first-order valence-electron chi connectivity index (χ1n) is 5.33. The van der Waals surface area contributed by atoms with Crippen molar-refractivity contribution in [2.75, 3.05) is 6.26 Å². The predicted molar refractivity (Wildman–Crippen MR) is 68.9 cm³/mol. The largest absolute Gasteiger partial charge is 0.285 e. The molecule has 96 valence electrons. The molecular weight excluding hydrogens is 267 g/mol. The normalized spacial score (nSPS) is 10.2. The third-order valence-electron chi connectivity index (χ3n) is 2.36. The SMILES string of the molecule is CSc1nccc(C(=O)C(=O)c2ccc(F)cc2)n1. The summed E-state index contributed by atoms with van der Waals surface area (Å²) in [7, 11) is 0. The minimum Gasteiger partial charge on any atom is -0.285 e. The summed E-state index contributed by atoms with van der Waals surface area (Å²) in [5.74, 6) is -1.91. The molecule has 1 heterocycles. The van der Waals surface area contributed by atoms with Crippen LogP contribution in [0.25, 0.3) is 0 Å². The molecule has 4 nitrogen and oxygen atoms in total. The molecule has 0 spiro atoms. The van der Waals surface area contributed by atoms with Crippen molar-refractivity contribution in [2.24, 2.45) is 0 Å². The zero-order chi connectivity index (χ0) is 13.8. The van der Waals surface area contributed by atoms with Crippen molar-refractivity contribution >= 4 is 23.3 Å². The number of carbonyl (C=O) groups is 2. The number of ketones is 2. The standard InChI is InChI=1S/C13H9FN2O2S/c1-19-13-15-7-6-10(16-13)12(18)11(17)8-2-4-9(14)5-3-8/h2-7H,1H3. The van der Waals surface area contributed by atoms with Gasteiger partial charge in [0.25, 0.3) is 5.78 Å². The molecule has 0 amide bonds. The molecule has 0 N–H and O–H groups in total. The number of hydrogen-bond acceptors (Lipinski definition) is 5. The number of nitrogens with zero attached hydrogens (tertiary/aromatic N) is 2. The van der Waals surface area contributed by atoms with Gasteiger partial charge in [0.05, 0.1) is 0 Å². The van der Waals surface area contributed by atoms with E-state index in [1.807, 2.05) is 0 Å². The van der Waals surface area contributed by atoms with Crippen LogP contribution in [0, 0.1) is 5.82 Å². The fourth-order valence-electron chi connectivity index (χ4n) is 1.41. The average Bonchev–Trinajstić information content (AvgIpc) is 2.46. The van der Waals surface area contributed by atoms with Crippen LogP contribution < -0.4 is 0 Å². The van der Waals surface area contributed by atoms with Gasteiger partial charge in [0, 0.05) is 11.8 Å². The van der Waals surface area contributed by atoms with E-state index in [0.29, 0.717) is 5.16 Å². The van der Waals surface area contributed by atoms with Gasteiger partial charge in [0.15, 0.2) is 5.16 Å². The Hall–Kier alpha value is -2.08. The Morgan fingerprint density at radius 3 is 2.42 bits per heavy atom. The van der Waals surface area contributed by atoms with E-state index in [0.717, 1.165) is 12.1 Å². The molecule has 0 atom stereocenters. The lowest BCUT2D eigenvalue weighted by Crippen LogP contribution is -2.16. The third kappa shape index (κ3) is 3.03. The number of Topliss-reactive ketones (excluding diaryl/α,β-unsaturated/α-hetero) is 2. The highest BCUT2D eigenvalue weighted by Crippen LogP contribution is 2.11. The number of rotatable bonds is 4. The van der Waals surface area contributed by atoms with Crippen molar-refractivity contribution in [3.63, 3.8) is 0 Å². The third-order valence-corrected chi connectivity index (χ3v) is 2.92. The highest BCUT2D eigenvalue weighted by molar-refractivity contribution is 7.98. The van der Waals surface area contributed by atoms with Gasteiger partial charge in [-0.2, -0.15) is 0 Å². The molecule has 0 saturated heterocycles. The van der Waals surface area contributed by atoms with Crippen molar-refractivity contribution in [3.8, 4) is 0 Å². The lowest BCUT2D eigenvalue weighted by atomic mass is 10.1. The Labute approximate surface area is 113 Å². The zero-order valence-corrected chi connectivity index (χ0v) is 10.8. The van der Waals surface area contributed by atoms with Gasteiger partial charge in [-0.1, -0.05) is 11.8 Å². The molecular formula is C13H9FN2O2S. The van der Waals surface area contributed by atoms with E-state index >= 15 is 0 Å². The minimum absolute atomic E-state index is 0.0358. The van der Waals surface area contributed by atoms with Crippen LogP contribution in [-0.2, 0) is 0 Å². The maximum absolute atomic E-state index is 12.8. The quantitative estimate of drug-likeness (QED) is 0.371. The highest BCUT2D eigenvalue weighted by Gasteiger charge is 2.20. The lowest BCUT2D eigenvalue weighted by molar-refractivity contribution is 0.0813. The van der Waals surface area contributed by atoms with E-state index < -0.39 is 17.4 Å². The maximum atomic E-state index is 12.8. The topological polar surface area (TPSA) is 59.9 Å². The van der Waals surface area contributed by atoms with Gasteiger partial charge in [0.1, 0.15) is 11.5 Å². The highest BCUT2D eigenvalue weighted by atomic mass is 32.2. The minimum atomic E-state index is -0.732. The average molecular weight is 276 g/mol. The predicted octanol–water partition coefficient (Wildman–Crippen LogP) is 2.40. The molecule has 0 radical (unpaired) electrons. The molecule has 0 aliphatic heterocycles. The van der Waals surface area contributed by atoms with Crippen LogP contribution in [0.3, 0.4) is 0 Å². The maximum Gasteiger partial charge on any atom is 0.251 e. The molecule has 6 heteroatoms. The summed E-state index contributed by atoms with van der Waals surface area (Å²) in [6.07, 6.45) is 3.19. The molecule has 0 unspecified atom stereocenters. The smallest absolute Gasteiger partial charge is 0.251 e. The second-order valence-electron chi connectivity index (χ2n) is 3.59. The molecule has 0 fully saturated rings. The van der Waals surface area contributed by atoms with Crippen LogP contribution >= 0.6 is 11.8 Å². The van der Waals surface area contributed by atoms with Crippen LogP contribution in [0.1, 0.15) is 20.8 Å². The van der Waals surface area contributed by atoms with Crippen molar-refractivity contribution < 1.29 is 14.0 Å². The van der Waals surface area contributed by atoms with E-state index in [4.69, 9.17) is 0 Å². The van der Waals surface area contributed by atoms with Crippen molar-refractivity contribution in [1.82, 2.24) is 9.97 Å². The molecule has 0 saturated carbocycles. The number of benzene rings is 1. The number of hydrogen-bond donors (Lipinski definition) is 0. The first kappa shape index (κ1) is 13.4. The Morgan fingerprint density at radius 1 is 1.11 bits per heavy atom. The summed E-state index contributed by atoms with van der Waals surface area (Å²) in [6.45, 7) is 0. The zero-order valence-electron chi connectivity index (χ0n) is 9.96. The summed E-state index contributed by atoms with van der Waals surface area (Å²) in [4.78, 5) is 31.8. The van der Waals surface area contributed by atoms with E-state index in [2.05, 4.69) is 9.97 Å². The summed E-state index contributed by atoms with van der Waals surface area (Å²) in [6, 6.07) is 6.18. The van der Waals surface area contributed by atoms with Gasteiger partial charge in [-0.25, -0.2) is 14.4 Å². The van der Waals surface area contributed by atoms with Crippen LogP contribution in [0.5, 0.6) is 0 Å². The molecule has 0 aliphatic rings. The van der Waals surface area contributed by atoms with Crippen molar-refractivity contribution in [1.29, 1.82) is 0 Å². The fraction of sp³-hybridized carbons (Fsp3) is 0.0769. The fourth-order valence-corrected chi connectivity index (χ4v) is 1.77. The molecule has 0 bridgehead atoms. The molecule has 2 aromatic rings. The summed E-state index contributed by atoms with van der Waals surface area (Å²) < 4.78 is 12.8. The van der Waals surface area contributed by atoms with Crippen LogP contribution in [0.4, 0.5) is 4.39 Å². The first-order valence-corrected chi connectivity index (χ1v) is 6.56. The summed E-state index contributed by atoms with van der Waals surface area (Å²) in [5.41, 5.74) is 0.171. The number of aromatic nitrogens is 2. The Bertz CT molecular complexity index is 629. The van der Waals surface area contributed by atoms with Crippen LogP contribution in [0.15, 0.2) is 41.7 Å². The second kappa shape index (κ2) is 5.71. The van der Waals surface area contributed by atoms with Gasteiger partial charge >= 0.3 is 0 Å². The van der Waals surface area contributed by atoms with Gasteiger partial charge in [-0.05, 0) is 36.6 Å². The van der Waals surface area contributed by atoms with Gasteiger partial charge in [-0.15, -0.1) is 0 Å². The Balaban J connectivity index is 2.28. The lowest BCUT2D eigenvalue weighted by Gasteiger charge is -2.01. The van der Waals surface area contributed by atoms with Crippen molar-refractivity contribution in [3.05, 3.63) is 53.6 Å². The van der Waals surface area contributed by atoms with Crippen molar-refractivity contribution in [2.45, 2.75) is 5.16 Å². The summed E-state index contributed by atoms with van der Waals surface area (Å²) in [5, 5.41) is 0.415. The molecule has 19 heavy (non-hydrogen) atoms. The Morgan fingerprint density at radius 2 is 1.79 bits per heavy atom. The second-order valence-corrected chi connectivity index (χ2v) is 4.37. The van der Waals surface area contributed by atoms with E-state index in [1.165, 1.54) is 36.2 Å². The Kier molecular flexibility index (Phi) is 4.01. The molecule has 1 aromatic carbocycles. The molecule has 1 aromatic heterocycles. The summed E-state index contributed by atoms with van der Waals surface area (Å²) >= 11 is 1.27. The first-order chi connectivity index (χ1) is 9.11. The van der Waals surface area contributed by atoms with Crippen LogP contribution in [-0.4, -0.2) is 27.8 Å². The van der Waals surface area contributed by atoms with Gasteiger partial charge in [-0.3, -0.25) is 9.59 Å².